The molecule has 1 aromatic heterocycles. The predicted molar refractivity (Wildman–Crippen MR) is 106 cm³/mol. The van der Waals surface area contributed by atoms with Crippen molar-refractivity contribution in [1.29, 1.82) is 0 Å². The molecule has 1 heterocycles. The van der Waals surface area contributed by atoms with Crippen molar-refractivity contribution in [3.05, 3.63) is 44.9 Å². The molecule has 1 aromatic carbocycles. The van der Waals surface area contributed by atoms with E-state index in [0.29, 0.717) is 6.54 Å². The lowest BCUT2D eigenvalue weighted by Crippen LogP contribution is -2.38. The Bertz CT molecular complexity index is 705. The molecule has 0 saturated carbocycles. The van der Waals surface area contributed by atoms with Gasteiger partial charge in [-0.15, -0.1) is 11.3 Å². The second-order valence-electron chi connectivity index (χ2n) is 5.98. The number of aryl methyl sites for hydroxylation is 3. The maximum atomic E-state index is 5.33. The van der Waals surface area contributed by atoms with Crippen LogP contribution in [0.3, 0.4) is 0 Å². The van der Waals surface area contributed by atoms with E-state index in [2.05, 4.69) is 54.4 Å². The van der Waals surface area contributed by atoms with Crippen molar-refractivity contribution in [2.24, 2.45) is 4.99 Å². The fourth-order valence-corrected chi connectivity index (χ4v) is 3.41. The van der Waals surface area contributed by atoms with Gasteiger partial charge in [0.2, 0.25) is 0 Å². The second-order valence-corrected chi connectivity index (χ2v) is 7.27. The molecule has 6 heteroatoms. The highest BCUT2D eigenvalue weighted by Crippen LogP contribution is 2.17. The fraction of sp³-hybridized carbons (Fsp3) is 0.474. The van der Waals surface area contributed by atoms with E-state index in [1.54, 1.807) is 18.4 Å². The van der Waals surface area contributed by atoms with Gasteiger partial charge in [-0.1, -0.05) is 6.07 Å². The molecule has 2 aromatic rings. The minimum absolute atomic E-state index is 0.614. The van der Waals surface area contributed by atoms with Crippen molar-refractivity contribution >= 4 is 17.3 Å². The van der Waals surface area contributed by atoms with Crippen LogP contribution in [0.25, 0.3) is 0 Å². The van der Waals surface area contributed by atoms with Crippen LogP contribution in [-0.4, -0.2) is 31.1 Å². The van der Waals surface area contributed by atoms with Crippen LogP contribution in [0.1, 0.15) is 33.6 Å². The van der Waals surface area contributed by atoms with Crippen LogP contribution in [0.4, 0.5) is 0 Å². The Balaban J connectivity index is 1.94. The summed E-state index contributed by atoms with van der Waals surface area (Å²) < 4.78 is 5.33. The van der Waals surface area contributed by atoms with Crippen LogP contribution in [0.5, 0.6) is 5.75 Å². The summed E-state index contributed by atoms with van der Waals surface area (Å²) in [7, 11) is 1.69. The Morgan fingerprint density at radius 3 is 2.64 bits per heavy atom. The van der Waals surface area contributed by atoms with Crippen molar-refractivity contribution in [3.63, 3.8) is 0 Å². The molecule has 0 spiro atoms. The number of nitrogens with one attached hydrogen (secondary N) is 2. The maximum Gasteiger partial charge on any atom is 0.191 e. The monoisotopic (exact) mass is 360 g/mol. The second kappa shape index (κ2) is 9.42. The molecule has 0 unspecified atom stereocenters. The van der Waals surface area contributed by atoms with E-state index >= 15 is 0 Å². The summed E-state index contributed by atoms with van der Waals surface area (Å²) in [5, 5.41) is 7.84. The number of aliphatic imine (C=N–C) groups is 1. The van der Waals surface area contributed by atoms with Crippen molar-refractivity contribution in [3.8, 4) is 5.75 Å². The van der Waals surface area contributed by atoms with Crippen LogP contribution in [0.15, 0.2) is 23.2 Å². The zero-order valence-electron chi connectivity index (χ0n) is 15.8. The zero-order valence-corrected chi connectivity index (χ0v) is 16.6. The molecule has 5 nitrogen and oxygen atoms in total. The number of thiazole rings is 1. The summed E-state index contributed by atoms with van der Waals surface area (Å²) >= 11 is 1.77. The van der Waals surface area contributed by atoms with Gasteiger partial charge in [-0.2, -0.15) is 0 Å². The lowest BCUT2D eigenvalue weighted by Gasteiger charge is -2.11. The van der Waals surface area contributed by atoms with Crippen LogP contribution in [-0.2, 0) is 13.0 Å². The summed E-state index contributed by atoms with van der Waals surface area (Å²) in [4.78, 5) is 10.6. The molecular formula is C19H28N4OS. The number of rotatable bonds is 7. The number of guanidine groups is 1. The van der Waals surface area contributed by atoms with Gasteiger partial charge in [0.25, 0.3) is 0 Å². The van der Waals surface area contributed by atoms with Gasteiger partial charge in [-0.25, -0.2) is 9.98 Å². The first-order valence-corrected chi connectivity index (χ1v) is 9.43. The highest BCUT2D eigenvalue weighted by atomic mass is 32.1. The van der Waals surface area contributed by atoms with E-state index in [1.165, 1.54) is 15.4 Å². The maximum absolute atomic E-state index is 5.33. The number of aromatic nitrogens is 1. The molecule has 0 aliphatic carbocycles. The molecule has 0 aliphatic heterocycles. The standard InChI is InChI=1S/C19H28N4OS/c1-6-20-19(21-8-7-18-23-14(3)15(4)25-18)22-12-16-9-13(2)10-17(11-16)24-5/h9-11H,6-8,12H2,1-5H3,(H2,20,21,22). The molecule has 2 N–H and O–H groups in total. The van der Waals surface area contributed by atoms with E-state index in [9.17, 15) is 0 Å². The average molecular weight is 361 g/mol. The van der Waals surface area contributed by atoms with Gasteiger partial charge in [0.1, 0.15) is 5.75 Å². The molecule has 0 amide bonds. The van der Waals surface area contributed by atoms with Gasteiger partial charge in [0, 0.05) is 24.4 Å². The summed E-state index contributed by atoms with van der Waals surface area (Å²) in [5.74, 6) is 1.70. The molecule has 2 rings (SSSR count). The van der Waals surface area contributed by atoms with E-state index in [0.717, 1.165) is 42.5 Å². The molecule has 0 bridgehead atoms. The quantitative estimate of drug-likeness (QED) is 0.587. The number of hydrogen-bond acceptors (Lipinski definition) is 4. The van der Waals surface area contributed by atoms with Crippen molar-refractivity contribution in [2.45, 2.75) is 40.7 Å². The lowest BCUT2D eigenvalue weighted by molar-refractivity contribution is 0.414. The molecule has 0 saturated heterocycles. The summed E-state index contributed by atoms with van der Waals surface area (Å²) in [6.07, 6.45) is 0.905. The van der Waals surface area contributed by atoms with Crippen LogP contribution >= 0.6 is 11.3 Å². The molecule has 0 atom stereocenters. The Morgan fingerprint density at radius 1 is 1.20 bits per heavy atom. The number of methoxy groups -OCH3 is 1. The first kappa shape index (κ1) is 19.2. The molecule has 25 heavy (non-hydrogen) atoms. The van der Waals surface area contributed by atoms with E-state index in [1.807, 2.05) is 12.1 Å². The molecule has 0 fully saturated rings. The topological polar surface area (TPSA) is 58.5 Å². The van der Waals surface area contributed by atoms with Gasteiger partial charge in [-0.05, 0) is 51.0 Å². The molecular weight excluding hydrogens is 332 g/mol. The van der Waals surface area contributed by atoms with Gasteiger partial charge in [0.15, 0.2) is 5.96 Å². The smallest absolute Gasteiger partial charge is 0.191 e. The van der Waals surface area contributed by atoms with Crippen LogP contribution < -0.4 is 15.4 Å². The third-order valence-corrected chi connectivity index (χ3v) is 4.95. The third-order valence-electron chi connectivity index (χ3n) is 3.81. The Hall–Kier alpha value is -2.08. The molecule has 136 valence electrons. The van der Waals surface area contributed by atoms with E-state index < -0.39 is 0 Å². The lowest BCUT2D eigenvalue weighted by atomic mass is 10.1. The Kier molecular flexibility index (Phi) is 7.25. The fourth-order valence-electron chi connectivity index (χ4n) is 2.48. The van der Waals surface area contributed by atoms with Gasteiger partial charge >= 0.3 is 0 Å². The molecule has 0 aliphatic rings. The summed E-state index contributed by atoms with van der Waals surface area (Å²) in [5.41, 5.74) is 3.45. The average Bonchev–Trinajstić information content (AvgIpc) is 2.90. The van der Waals surface area contributed by atoms with Crippen molar-refractivity contribution in [2.75, 3.05) is 20.2 Å². The van der Waals surface area contributed by atoms with E-state index in [4.69, 9.17) is 4.74 Å². The molecule has 0 radical (unpaired) electrons. The summed E-state index contributed by atoms with van der Waals surface area (Å²) in [6.45, 7) is 10.6. The van der Waals surface area contributed by atoms with Crippen LogP contribution in [0.2, 0.25) is 0 Å². The Labute approximate surface area is 154 Å². The number of ether oxygens (including phenoxy) is 1. The minimum atomic E-state index is 0.614. The predicted octanol–water partition coefficient (Wildman–Crippen LogP) is 3.37. The summed E-state index contributed by atoms with van der Waals surface area (Å²) in [6, 6.07) is 6.19. The van der Waals surface area contributed by atoms with Crippen LogP contribution in [0, 0.1) is 20.8 Å². The number of nitrogens with zero attached hydrogens (tertiary/aromatic N) is 2. The number of hydrogen-bond donors (Lipinski definition) is 2. The normalized spacial score (nSPS) is 11.5. The SMILES string of the molecule is CCNC(=NCc1cc(C)cc(OC)c1)NCCc1nc(C)c(C)s1. The largest absolute Gasteiger partial charge is 0.497 e. The van der Waals surface area contributed by atoms with E-state index in [-0.39, 0.29) is 0 Å². The zero-order chi connectivity index (χ0) is 18.2. The highest BCUT2D eigenvalue weighted by Gasteiger charge is 2.04. The van der Waals surface area contributed by atoms with Crippen molar-refractivity contribution in [1.82, 2.24) is 15.6 Å². The first-order chi connectivity index (χ1) is 12.0. The minimum Gasteiger partial charge on any atom is -0.497 e. The number of benzene rings is 1. The highest BCUT2D eigenvalue weighted by molar-refractivity contribution is 7.11. The first-order valence-electron chi connectivity index (χ1n) is 8.61. The van der Waals surface area contributed by atoms with Crippen molar-refractivity contribution < 1.29 is 4.74 Å². The third kappa shape index (κ3) is 6.05. The van der Waals surface area contributed by atoms with Gasteiger partial charge < -0.3 is 15.4 Å². The van der Waals surface area contributed by atoms with Gasteiger partial charge in [0.05, 0.1) is 24.4 Å². The Morgan fingerprint density at radius 2 is 2.00 bits per heavy atom. The van der Waals surface area contributed by atoms with Gasteiger partial charge in [-0.3, -0.25) is 0 Å².